The second-order valence-corrected chi connectivity index (χ2v) is 3.99. The molecule has 16 heavy (non-hydrogen) atoms. The van der Waals surface area contributed by atoms with Crippen molar-refractivity contribution in [1.82, 2.24) is 5.32 Å². The van der Waals surface area contributed by atoms with E-state index in [0.717, 1.165) is 12.2 Å². The molecule has 3 nitrogen and oxygen atoms in total. The summed E-state index contributed by atoms with van der Waals surface area (Å²) in [4.78, 5) is 11.5. The number of hydrogen-bond acceptors (Lipinski definition) is 2. The summed E-state index contributed by atoms with van der Waals surface area (Å²) >= 11 is 0. The van der Waals surface area contributed by atoms with Crippen molar-refractivity contribution in [3.63, 3.8) is 0 Å². The van der Waals surface area contributed by atoms with Gasteiger partial charge in [-0.2, -0.15) is 0 Å². The van der Waals surface area contributed by atoms with Crippen LogP contribution >= 0.6 is 0 Å². The number of carbonyl (C=O) groups is 1. The molecule has 1 N–H and O–H groups in total. The predicted molar refractivity (Wildman–Crippen MR) is 64.1 cm³/mol. The zero-order chi connectivity index (χ0) is 12.0. The van der Waals surface area contributed by atoms with E-state index in [4.69, 9.17) is 4.74 Å². The molecule has 1 unspecified atom stereocenters. The first-order chi connectivity index (χ1) is 7.63. The van der Waals surface area contributed by atoms with Gasteiger partial charge < -0.3 is 10.1 Å². The molecule has 1 amide bonds. The quantitative estimate of drug-likeness (QED) is 0.776. The van der Waals surface area contributed by atoms with Gasteiger partial charge in [0.1, 0.15) is 5.75 Å². The molecular formula is C13H19NO2. The Morgan fingerprint density at radius 1 is 1.31 bits per heavy atom. The van der Waals surface area contributed by atoms with Crippen molar-refractivity contribution in [2.75, 3.05) is 0 Å². The zero-order valence-electron chi connectivity index (χ0n) is 10.1. The van der Waals surface area contributed by atoms with E-state index in [0.29, 0.717) is 0 Å². The van der Waals surface area contributed by atoms with Crippen LogP contribution < -0.4 is 10.1 Å². The van der Waals surface area contributed by atoms with Crippen LogP contribution in [0.3, 0.4) is 0 Å². The third-order valence-electron chi connectivity index (χ3n) is 2.22. The first-order valence-corrected chi connectivity index (χ1v) is 5.65. The topological polar surface area (TPSA) is 38.3 Å². The van der Waals surface area contributed by atoms with E-state index >= 15 is 0 Å². The Labute approximate surface area is 96.8 Å². The molecule has 0 aliphatic rings. The van der Waals surface area contributed by atoms with E-state index < -0.39 is 0 Å². The van der Waals surface area contributed by atoms with Crippen molar-refractivity contribution in [2.45, 2.75) is 33.4 Å². The van der Waals surface area contributed by atoms with Crippen LogP contribution in [0.1, 0.15) is 27.2 Å². The van der Waals surface area contributed by atoms with E-state index in [1.165, 1.54) is 0 Å². The van der Waals surface area contributed by atoms with Crippen molar-refractivity contribution >= 4 is 5.91 Å². The molecule has 1 aromatic carbocycles. The van der Waals surface area contributed by atoms with E-state index in [1.807, 2.05) is 51.1 Å². The van der Waals surface area contributed by atoms with Gasteiger partial charge in [-0.15, -0.1) is 0 Å². The Morgan fingerprint density at radius 3 is 2.44 bits per heavy atom. The summed E-state index contributed by atoms with van der Waals surface area (Å²) in [6, 6.07) is 9.51. The normalized spacial score (nSPS) is 12.2. The second kappa shape index (κ2) is 6.16. The smallest absolute Gasteiger partial charge is 0.225 e. The Morgan fingerprint density at radius 2 is 1.94 bits per heavy atom. The minimum absolute atomic E-state index is 0.0165. The third kappa shape index (κ3) is 3.93. The number of amides is 1. The van der Waals surface area contributed by atoms with E-state index in [1.54, 1.807) is 0 Å². The molecule has 0 fully saturated rings. The van der Waals surface area contributed by atoms with Gasteiger partial charge in [0.2, 0.25) is 5.91 Å². The number of benzene rings is 1. The number of ether oxygens (including phenoxy) is 1. The van der Waals surface area contributed by atoms with Crippen LogP contribution in [-0.2, 0) is 4.79 Å². The van der Waals surface area contributed by atoms with Crippen LogP contribution in [0.5, 0.6) is 5.75 Å². The summed E-state index contributed by atoms with van der Waals surface area (Å²) in [6.07, 6.45) is 0.491. The summed E-state index contributed by atoms with van der Waals surface area (Å²) in [5.74, 6) is 0.773. The molecule has 0 saturated carbocycles. The number of nitrogens with one attached hydrogen (secondary N) is 1. The average molecular weight is 221 g/mol. The van der Waals surface area contributed by atoms with Crippen molar-refractivity contribution < 1.29 is 9.53 Å². The van der Waals surface area contributed by atoms with Crippen molar-refractivity contribution in [1.29, 1.82) is 0 Å². The molecular weight excluding hydrogens is 202 g/mol. The maximum atomic E-state index is 11.5. The first kappa shape index (κ1) is 12.6. The maximum Gasteiger partial charge on any atom is 0.225 e. The zero-order valence-corrected chi connectivity index (χ0v) is 10.1. The monoisotopic (exact) mass is 221 g/mol. The molecule has 0 aliphatic carbocycles. The molecule has 0 aliphatic heterocycles. The van der Waals surface area contributed by atoms with Crippen molar-refractivity contribution in [3.05, 3.63) is 30.3 Å². The lowest BCUT2D eigenvalue weighted by Gasteiger charge is -2.20. The standard InChI is InChI=1S/C13H19NO2/c1-4-12(14-13(15)10(2)3)16-11-8-6-5-7-9-11/h5-10,12H,4H2,1-3H3,(H,14,15). The van der Waals surface area contributed by atoms with Crippen molar-refractivity contribution in [3.8, 4) is 5.75 Å². The van der Waals surface area contributed by atoms with E-state index in [2.05, 4.69) is 5.32 Å². The molecule has 1 rings (SSSR count). The summed E-state index contributed by atoms with van der Waals surface area (Å²) < 4.78 is 5.65. The van der Waals surface area contributed by atoms with Crippen LogP contribution in [0.25, 0.3) is 0 Å². The molecule has 0 spiro atoms. The van der Waals surface area contributed by atoms with E-state index in [-0.39, 0.29) is 18.1 Å². The highest BCUT2D eigenvalue weighted by atomic mass is 16.5. The van der Waals surface area contributed by atoms with Crippen LogP contribution in [0.2, 0.25) is 0 Å². The Balaban J connectivity index is 2.53. The lowest BCUT2D eigenvalue weighted by molar-refractivity contribution is -0.126. The summed E-state index contributed by atoms with van der Waals surface area (Å²) in [5, 5.41) is 2.85. The van der Waals surface area contributed by atoms with Gasteiger partial charge >= 0.3 is 0 Å². The Kier molecular flexibility index (Phi) is 4.83. The number of rotatable bonds is 5. The van der Waals surface area contributed by atoms with Crippen LogP contribution in [0, 0.1) is 5.92 Å². The molecule has 1 atom stereocenters. The highest BCUT2D eigenvalue weighted by Gasteiger charge is 2.13. The molecule has 88 valence electrons. The van der Waals surface area contributed by atoms with Gasteiger partial charge in [-0.25, -0.2) is 0 Å². The van der Waals surface area contributed by atoms with Gasteiger partial charge in [-0.1, -0.05) is 39.0 Å². The van der Waals surface area contributed by atoms with Gasteiger partial charge in [0.05, 0.1) is 0 Å². The minimum atomic E-state index is -0.253. The van der Waals surface area contributed by atoms with Gasteiger partial charge in [-0.3, -0.25) is 4.79 Å². The lowest BCUT2D eigenvalue weighted by Crippen LogP contribution is -2.40. The van der Waals surface area contributed by atoms with Crippen LogP contribution in [-0.4, -0.2) is 12.1 Å². The molecule has 0 radical (unpaired) electrons. The third-order valence-corrected chi connectivity index (χ3v) is 2.22. The molecule has 0 bridgehead atoms. The second-order valence-electron chi connectivity index (χ2n) is 3.99. The maximum absolute atomic E-state index is 11.5. The molecule has 0 heterocycles. The fourth-order valence-electron chi connectivity index (χ4n) is 1.20. The summed E-state index contributed by atoms with van der Waals surface area (Å²) in [6.45, 7) is 5.71. The first-order valence-electron chi connectivity index (χ1n) is 5.65. The van der Waals surface area contributed by atoms with Gasteiger partial charge in [0.15, 0.2) is 6.23 Å². The Hall–Kier alpha value is -1.51. The number of para-hydroxylation sites is 1. The number of carbonyl (C=O) groups excluding carboxylic acids is 1. The van der Waals surface area contributed by atoms with Gasteiger partial charge in [0.25, 0.3) is 0 Å². The molecule has 0 saturated heterocycles. The molecule has 0 aromatic heterocycles. The van der Waals surface area contributed by atoms with Gasteiger partial charge in [-0.05, 0) is 12.1 Å². The molecule has 1 aromatic rings. The summed E-state index contributed by atoms with van der Waals surface area (Å²) in [7, 11) is 0. The van der Waals surface area contributed by atoms with Crippen LogP contribution in [0.15, 0.2) is 30.3 Å². The average Bonchev–Trinajstić information content (AvgIpc) is 2.29. The molecule has 3 heteroatoms. The van der Waals surface area contributed by atoms with Gasteiger partial charge in [0, 0.05) is 12.3 Å². The van der Waals surface area contributed by atoms with Crippen LogP contribution in [0.4, 0.5) is 0 Å². The fraction of sp³-hybridized carbons (Fsp3) is 0.462. The highest BCUT2D eigenvalue weighted by molar-refractivity contribution is 5.78. The van der Waals surface area contributed by atoms with E-state index in [9.17, 15) is 4.79 Å². The predicted octanol–water partition coefficient (Wildman–Crippen LogP) is 2.57. The fourth-order valence-corrected chi connectivity index (χ4v) is 1.20. The number of hydrogen-bond donors (Lipinski definition) is 1. The highest BCUT2D eigenvalue weighted by Crippen LogP contribution is 2.11. The largest absolute Gasteiger partial charge is 0.471 e. The lowest BCUT2D eigenvalue weighted by atomic mass is 10.2. The van der Waals surface area contributed by atoms with Crippen molar-refractivity contribution in [2.24, 2.45) is 5.92 Å². The summed E-state index contributed by atoms with van der Waals surface area (Å²) in [5.41, 5.74) is 0. The SMILES string of the molecule is CCC(NC(=O)C(C)C)Oc1ccccc1. The minimum Gasteiger partial charge on any atom is -0.471 e. The Bertz CT molecular complexity index is 322.